The summed E-state index contributed by atoms with van der Waals surface area (Å²) in [6, 6.07) is 13.9. The molecule has 0 unspecified atom stereocenters. The number of amides is 1. The van der Waals surface area contributed by atoms with Gasteiger partial charge in [0, 0.05) is 30.0 Å². The Balaban J connectivity index is 1.44. The zero-order valence-corrected chi connectivity index (χ0v) is 20.3. The minimum atomic E-state index is -0.103. The fraction of sp³-hybridized carbons (Fsp3) is 0.360. The number of carbonyl (C=O) groups excluding carboxylic acids is 1. The van der Waals surface area contributed by atoms with E-state index in [1.807, 2.05) is 41.8 Å². The van der Waals surface area contributed by atoms with E-state index < -0.39 is 0 Å². The Labute approximate surface area is 203 Å². The maximum absolute atomic E-state index is 12.4. The number of hydrogen-bond donors (Lipinski definition) is 1. The molecule has 0 aliphatic carbocycles. The number of unbranched alkanes of at least 4 members (excludes halogenated alkanes) is 2. The van der Waals surface area contributed by atoms with Gasteiger partial charge >= 0.3 is 0 Å². The number of benzene rings is 2. The Kier molecular flexibility index (Phi) is 8.20. The van der Waals surface area contributed by atoms with E-state index in [-0.39, 0.29) is 12.7 Å². The number of hydrogen-bond acceptors (Lipinski definition) is 6. The molecule has 6 nitrogen and oxygen atoms in total. The fourth-order valence-corrected chi connectivity index (χ4v) is 4.60. The molecule has 0 radical (unpaired) electrons. The van der Waals surface area contributed by atoms with E-state index >= 15 is 0 Å². The number of aromatic nitrogens is 1. The third-order valence-corrected chi connectivity index (χ3v) is 6.46. The molecule has 3 aromatic rings. The van der Waals surface area contributed by atoms with Gasteiger partial charge in [-0.05, 0) is 41.8 Å². The molecule has 0 saturated carbocycles. The van der Waals surface area contributed by atoms with Crippen molar-refractivity contribution < 1.29 is 14.3 Å². The van der Waals surface area contributed by atoms with Crippen LogP contribution in [0.5, 0.6) is 11.5 Å². The number of halogens is 1. The van der Waals surface area contributed by atoms with Gasteiger partial charge < -0.3 is 14.8 Å². The zero-order valence-electron chi connectivity index (χ0n) is 18.7. The van der Waals surface area contributed by atoms with Gasteiger partial charge in [-0.3, -0.25) is 9.69 Å². The maximum Gasteiger partial charge on any atom is 0.270 e. The number of carbonyl (C=O) groups is 1. The fourth-order valence-electron chi connectivity index (χ4n) is 3.66. The number of ether oxygens (including phenoxy) is 2. The Morgan fingerprint density at radius 2 is 1.82 bits per heavy atom. The van der Waals surface area contributed by atoms with Crippen LogP contribution in [0.3, 0.4) is 0 Å². The predicted molar refractivity (Wildman–Crippen MR) is 131 cm³/mol. The second kappa shape index (κ2) is 11.5. The highest BCUT2D eigenvalue weighted by Gasteiger charge is 2.17. The van der Waals surface area contributed by atoms with Crippen molar-refractivity contribution >= 4 is 28.8 Å². The first-order valence-electron chi connectivity index (χ1n) is 11.2. The van der Waals surface area contributed by atoms with Crippen molar-refractivity contribution in [3.63, 3.8) is 0 Å². The SMILES string of the molecule is CCCCCNC(=O)c1csc(CN(Cc2ccc(Cl)cc2)Cc2ccc3c(c2)OCO3)n1. The van der Waals surface area contributed by atoms with Crippen LogP contribution < -0.4 is 14.8 Å². The lowest BCUT2D eigenvalue weighted by Crippen LogP contribution is -2.25. The highest BCUT2D eigenvalue weighted by atomic mass is 35.5. The molecule has 33 heavy (non-hydrogen) atoms. The van der Waals surface area contributed by atoms with Crippen LogP contribution >= 0.6 is 22.9 Å². The molecule has 1 N–H and O–H groups in total. The maximum atomic E-state index is 12.4. The van der Waals surface area contributed by atoms with Crippen molar-refractivity contribution in [1.29, 1.82) is 0 Å². The second-order valence-corrected chi connectivity index (χ2v) is 9.43. The van der Waals surface area contributed by atoms with Gasteiger partial charge in [0.05, 0.1) is 6.54 Å². The van der Waals surface area contributed by atoms with E-state index in [4.69, 9.17) is 21.1 Å². The average molecular weight is 486 g/mol. The molecule has 0 atom stereocenters. The number of nitrogens with one attached hydrogen (secondary N) is 1. The van der Waals surface area contributed by atoms with E-state index in [2.05, 4.69) is 28.2 Å². The lowest BCUT2D eigenvalue weighted by molar-refractivity contribution is 0.0948. The largest absolute Gasteiger partial charge is 0.454 e. The van der Waals surface area contributed by atoms with E-state index in [1.165, 1.54) is 11.3 Å². The van der Waals surface area contributed by atoms with Crippen LogP contribution in [-0.2, 0) is 19.6 Å². The minimum absolute atomic E-state index is 0.103. The summed E-state index contributed by atoms with van der Waals surface area (Å²) in [5.41, 5.74) is 2.77. The first-order valence-corrected chi connectivity index (χ1v) is 12.4. The minimum Gasteiger partial charge on any atom is -0.454 e. The average Bonchev–Trinajstić information content (AvgIpc) is 3.47. The Hall–Kier alpha value is -2.61. The van der Waals surface area contributed by atoms with Crippen LogP contribution in [0.2, 0.25) is 5.02 Å². The van der Waals surface area contributed by atoms with Crippen LogP contribution in [0.25, 0.3) is 0 Å². The van der Waals surface area contributed by atoms with Crippen LogP contribution in [-0.4, -0.2) is 29.1 Å². The first kappa shape index (κ1) is 23.5. The zero-order chi connectivity index (χ0) is 23.0. The topological polar surface area (TPSA) is 63.7 Å². The molecule has 2 heterocycles. The van der Waals surface area contributed by atoms with Crippen molar-refractivity contribution in [2.75, 3.05) is 13.3 Å². The molecule has 4 rings (SSSR count). The van der Waals surface area contributed by atoms with Gasteiger partial charge in [0.2, 0.25) is 6.79 Å². The molecular formula is C25H28ClN3O3S. The molecule has 1 amide bonds. The third kappa shape index (κ3) is 6.69. The van der Waals surface area contributed by atoms with Crippen molar-refractivity contribution in [3.05, 3.63) is 74.7 Å². The first-order chi connectivity index (χ1) is 16.1. The highest BCUT2D eigenvalue weighted by molar-refractivity contribution is 7.09. The van der Waals surface area contributed by atoms with Gasteiger partial charge in [-0.25, -0.2) is 4.98 Å². The summed E-state index contributed by atoms with van der Waals surface area (Å²) >= 11 is 7.58. The summed E-state index contributed by atoms with van der Waals surface area (Å²) in [5, 5.41) is 6.43. The van der Waals surface area contributed by atoms with Gasteiger partial charge in [-0.2, -0.15) is 0 Å². The van der Waals surface area contributed by atoms with Crippen LogP contribution in [0, 0.1) is 0 Å². The Bertz CT molecular complexity index is 1070. The van der Waals surface area contributed by atoms with E-state index in [1.54, 1.807) is 0 Å². The number of fused-ring (bicyclic) bond motifs is 1. The van der Waals surface area contributed by atoms with Crippen LogP contribution in [0.15, 0.2) is 47.8 Å². The summed E-state index contributed by atoms with van der Waals surface area (Å²) < 4.78 is 11.0. The van der Waals surface area contributed by atoms with Gasteiger partial charge in [0.1, 0.15) is 10.7 Å². The molecule has 1 aromatic heterocycles. The van der Waals surface area contributed by atoms with Crippen molar-refractivity contribution in [3.8, 4) is 11.5 Å². The number of nitrogens with zero attached hydrogens (tertiary/aromatic N) is 2. The summed E-state index contributed by atoms with van der Waals surface area (Å²) in [7, 11) is 0. The lowest BCUT2D eigenvalue weighted by atomic mass is 10.1. The highest BCUT2D eigenvalue weighted by Crippen LogP contribution is 2.33. The van der Waals surface area contributed by atoms with E-state index in [9.17, 15) is 4.79 Å². The summed E-state index contributed by atoms with van der Waals surface area (Å²) in [6.45, 7) is 5.15. The molecular weight excluding hydrogens is 458 g/mol. The number of rotatable bonds is 11. The van der Waals surface area contributed by atoms with Gasteiger partial charge in [-0.1, -0.05) is 49.6 Å². The molecule has 174 valence electrons. The van der Waals surface area contributed by atoms with Crippen LogP contribution in [0.1, 0.15) is 52.8 Å². The molecule has 1 aliphatic heterocycles. The van der Waals surface area contributed by atoms with Crippen molar-refractivity contribution in [2.24, 2.45) is 0 Å². The van der Waals surface area contributed by atoms with Crippen molar-refractivity contribution in [2.45, 2.75) is 45.8 Å². The smallest absolute Gasteiger partial charge is 0.270 e. The number of thiazole rings is 1. The monoisotopic (exact) mass is 485 g/mol. The van der Waals surface area contributed by atoms with Gasteiger partial charge in [-0.15, -0.1) is 11.3 Å². The molecule has 8 heteroatoms. The van der Waals surface area contributed by atoms with E-state index in [0.29, 0.717) is 25.3 Å². The molecule has 2 aromatic carbocycles. The second-order valence-electron chi connectivity index (χ2n) is 8.05. The summed E-state index contributed by atoms with van der Waals surface area (Å²) in [5.74, 6) is 1.45. The summed E-state index contributed by atoms with van der Waals surface area (Å²) in [4.78, 5) is 19.3. The predicted octanol–water partition coefficient (Wildman–Crippen LogP) is 5.65. The lowest BCUT2D eigenvalue weighted by Gasteiger charge is -2.22. The molecule has 0 bridgehead atoms. The molecule has 1 aliphatic rings. The third-order valence-electron chi connectivity index (χ3n) is 5.37. The summed E-state index contributed by atoms with van der Waals surface area (Å²) in [6.07, 6.45) is 3.23. The van der Waals surface area contributed by atoms with Gasteiger partial charge in [0.15, 0.2) is 11.5 Å². The molecule has 0 saturated heterocycles. The normalized spacial score (nSPS) is 12.3. The molecule has 0 fully saturated rings. The van der Waals surface area contributed by atoms with Crippen molar-refractivity contribution in [1.82, 2.24) is 15.2 Å². The standard InChI is InChI=1S/C25H28ClN3O3S/c1-2-3-4-11-27-25(30)21-16-33-24(28-21)15-29(13-18-5-8-20(26)9-6-18)14-19-7-10-22-23(12-19)32-17-31-22/h5-10,12,16H,2-4,11,13-15,17H2,1H3,(H,27,30). The quantitative estimate of drug-likeness (QED) is 0.356. The Morgan fingerprint density at radius 1 is 1.06 bits per heavy atom. The van der Waals surface area contributed by atoms with E-state index in [0.717, 1.165) is 58.5 Å². The van der Waals surface area contributed by atoms with Gasteiger partial charge in [0.25, 0.3) is 5.91 Å². The molecule has 0 spiro atoms. The van der Waals surface area contributed by atoms with Crippen LogP contribution in [0.4, 0.5) is 0 Å². The Morgan fingerprint density at radius 3 is 2.64 bits per heavy atom.